The first kappa shape index (κ1) is 24.8. The number of methoxy groups -OCH3 is 1. The third kappa shape index (κ3) is 4.30. The van der Waals surface area contributed by atoms with E-state index in [4.69, 9.17) is 21.1 Å². The lowest BCUT2D eigenvalue weighted by Gasteiger charge is -2.31. The van der Waals surface area contributed by atoms with Crippen LogP contribution < -0.4 is 19.2 Å². The number of carbonyl (C=O) groups excluding carboxylic acids is 2. The van der Waals surface area contributed by atoms with Crippen LogP contribution in [0.1, 0.15) is 21.9 Å². The molecule has 3 atom stereocenters. The minimum atomic E-state index is -0.744. The Morgan fingerprint density at radius 3 is 2.47 bits per heavy atom. The minimum absolute atomic E-state index is 0.242. The van der Waals surface area contributed by atoms with Gasteiger partial charge in [0.15, 0.2) is 0 Å². The molecule has 3 heterocycles. The molecule has 7 nitrogen and oxygen atoms in total. The number of thiazole rings is 1. The summed E-state index contributed by atoms with van der Waals surface area (Å²) in [5.41, 5.74) is 2.12. The van der Waals surface area contributed by atoms with E-state index in [-0.39, 0.29) is 16.7 Å². The molecule has 2 aliphatic heterocycles. The molecule has 4 aromatic rings. The summed E-state index contributed by atoms with van der Waals surface area (Å²) in [6.07, 6.45) is 0. The number of hydrogen-bond acceptors (Lipinski definition) is 7. The molecule has 38 heavy (non-hydrogen) atoms. The van der Waals surface area contributed by atoms with Gasteiger partial charge >= 0.3 is 4.87 Å². The van der Waals surface area contributed by atoms with Crippen molar-refractivity contribution in [1.29, 1.82) is 0 Å². The molecule has 6 rings (SSSR count). The summed E-state index contributed by atoms with van der Waals surface area (Å²) < 4.78 is 11.5. The fourth-order valence-corrected chi connectivity index (χ4v) is 7.65. The highest BCUT2D eigenvalue weighted by Crippen LogP contribution is 2.54. The first-order chi connectivity index (χ1) is 18.4. The summed E-state index contributed by atoms with van der Waals surface area (Å²) in [5.74, 6) is -0.828. The number of hydrogen-bond donors (Lipinski definition) is 1. The van der Waals surface area contributed by atoms with Crippen LogP contribution in [0.3, 0.4) is 0 Å². The number of anilines is 1. The van der Waals surface area contributed by atoms with E-state index in [9.17, 15) is 14.4 Å². The van der Waals surface area contributed by atoms with Gasteiger partial charge in [0.25, 0.3) is 0 Å². The first-order valence-electron chi connectivity index (χ1n) is 11.8. The van der Waals surface area contributed by atoms with E-state index in [0.717, 1.165) is 16.9 Å². The molecular weight excluding hydrogens is 544 g/mol. The minimum Gasteiger partial charge on any atom is -0.497 e. The second-order valence-corrected chi connectivity index (χ2v) is 11.5. The van der Waals surface area contributed by atoms with Crippen LogP contribution >= 0.6 is 34.7 Å². The molecular formula is C28H21ClN2O5S2. The quantitative estimate of drug-likeness (QED) is 0.312. The van der Waals surface area contributed by atoms with Gasteiger partial charge in [0.05, 0.1) is 23.7 Å². The van der Waals surface area contributed by atoms with Gasteiger partial charge in [-0.15, -0.1) is 0 Å². The molecule has 1 saturated heterocycles. The number of benzene rings is 3. The Kier molecular flexibility index (Phi) is 6.51. The van der Waals surface area contributed by atoms with Crippen LogP contribution in [0.2, 0.25) is 5.02 Å². The van der Waals surface area contributed by atoms with Gasteiger partial charge in [0.1, 0.15) is 23.4 Å². The molecule has 0 bridgehead atoms. The monoisotopic (exact) mass is 564 g/mol. The third-order valence-electron chi connectivity index (χ3n) is 6.70. The van der Waals surface area contributed by atoms with Crippen molar-refractivity contribution in [2.24, 2.45) is 5.92 Å². The lowest BCUT2D eigenvalue weighted by atomic mass is 9.82. The van der Waals surface area contributed by atoms with Crippen LogP contribution in [0.25, 0.3) is 0 Å². The Labute approximate surface area is 231 Å². The fourth-order valence-electron chi connectivity index (χ4n) is 4.97. The summed E-state index contributed by atoms with van der Waals surface area (Å²) in [4.78, 5) is 44.6. The molecule has 192 valence electrons. The second kappa shape index (κ2) is 9.98. The number of H-pyrrole nitrogens is 1. The van der Waals surface area contributed by atoms with Crippen LogP contribution in [0.4, 0.5) is 5.69 Å². The summed E-state index contributed by atoms with van der Waals surface area (Å²) in [5, 5.41) is 0.348. The van der Waals surface area contributed by atoms with Crippen LogP contribution in [-0.4, -0.2) is 29.2 Å². The maximum Gasteiger partial charge on any atom is 0.305 e. The maximum atomic E-state index is 14.0. The van der Waals surface area contributed by atoms with Gasteiger partial charge in [-0.1, -0.05) is 65.0 Å². The predicted octanol–water partition coefficient (Wildman–Crippen LogP) is 5.47. The van der Waals surface area contributed by atoms with Gasteiger partial charge in [-0.3, -0.25) is 14.4 Å². The number of amides is 2. The van der Waals surface area contributed by atoms with Gasteiger partial charge in [-0.2, -0.15) is 0 Å². The van der Waals surface area contributed by atoms with Crippen LogP contribution in [0.15, 0.2) is 82.6 Å². The number of nitrogens with zero attached hydrogens (tertiary/aromatic N) is 1. The Balaban J connectivity index is 1.44. The van der Waals surface area contributed by atoms with Crippen molar-refractivity contribution in [3.8, 4) is 11.5 Å². The molecule has 1 N–H and O–H groups in total. The topological polar surface area (TPSA) is 88.7 Å². The van der Waals surface area contributed by atoms with E-state index in [2.05, 4.69) is 4.98 Å². The second-order valence-electron chi connectivity index (χ2n) is 8.92. The molecule has 2 unspecified atom stereocenters. The number of rotatable bonds is 6. The Morgan fingerprint density at radius 1 is 0.974 bits per heavy atom. The van der Waals surface area contributed by atoms with Gasteiger partial charge in [0.2, 0.25) is 11.8 Å². The average molecular weight is 565 g/mol. The van der Waals surface area contributed by atoms with Gasteiger partial charge in [0, 0.05) is 21.4 Å². The smallest absolute Gasteiger partial charge is 0.305 e. The van der Waals surface area contributed by atoms with Gasteiger partial charge < -0.3 is 14.5 Å². The van der Waals surface area contributed by atoms with Crippen LogP contribution in [0.5, 0.6) is 11.5 Å². The molecule has 0 aliphatic carbocycles. The maximum absolute atomic E-state index is 14.0. The zero-order valence-corrected chi connectivity index (χ0v) is 22.4. The number of thioether (sulfide) groups is 1. The lowest BCUT2D eigenvalue weighted by molar-refractivity contribution is -0.122. The van der Waals surface area contributed by atoms with Crippen molar-refractivity contribution in [2.45, 2.75) is 22.8 Å². The van der Waals surface area contributed by atoms with E-state index in [1.807, 2.05) is 30.3 Å². The van der Waals surface area contributed by atoms with Crippen molar-refractivity contribution in [1.82, 2.24) is 4.98 Å². The van der Waals surface area contributed by atoms with Crippen molar-refractivity contribution in [2.75, 3.05) is 12.0 Å². The molecule has 2 amide bonds. The molecule has 0 saturated carbocycles. The first-order valence-corrected chi connectivity index (χ1v) is 13.9. The number of aromatic nitrogens is 1. The third-order valence-corrected chi connectivity index (χ3v) is 9.33. The predicted molar refractivity (Wildman–Crippen MR) is 148 cm³/mol. The number of nitrogens with one attached hydrogen (secondary N) is 1. The summed E-state index contributed by atoms with van der Waals surface area (Å²) in [7, 11) is 1.55. The standard InChI is InChI=1S/C28H21ClN2O5S2/c1-35-18-10-8-17(9-11-18)31-26(32)22-21(23-25(30-28(34)38-23)37-24(22)27(31)33)19-13-16(29)7-12-20(19)36-14-15-5-3-2-4-6-15/h2-13,21-22,24H,14H2,1H3,(H,30,34)/t21-,22?,24?/m1/s1. The molecule has 1 aromatic heterocycles. The van der Waals surface area contributed by atoms with Gasteiger partial charge in [-0.25, -0.2) is 4.90 Å². The van der Waals surface area contributed by atoms with E-state index >= 15 is 0 Å². The number of ether oxygens (including phenoxy) is 2. The van der Waals surface area contributed by atoms with E-state index < -0.39 is 17.1 Å². The zero-order valence-electron chi connectivity index (χ0n) is 20.1. The molecule has 3 aromatic carbocycles. The van der Waals surface area contributed by atoms with Crippen LogP contribution in [-0.2, 0) is 16.2 Å². The highest BCUT2D eigenvalue weighted by Gasteiger charge is 2.56. The largest absolute Gasteiger partial charge is 0.497 e. The highest BCUT2D eigenvalue weighted by molar-refractivity contribution is 8.00. The number of halogens is 1. The molecule has 1 fully saturated rings. The molecule has 10 heteroatoms. The van der Waals surface area contributed by atoms with Gasteiger partial charge in [-0.05, 0) is 48.0 Å². The molecule has 2 aliphatic rings. The number of imide groups is 1. The Hall–Kier alpha value is -3.53. The summed E-state index contributed by atoms with van der Waals surface area (Å²) >= 11 is 8.72. The number of aromatic amines is 1. The van der Waals surface area contributed by atoms with Crippen molar-refractivity contribution < 1.29 is 19.1 Å². The fraction of sp³-hybridized carbons (Fsp3) is 0.179. The number of fused-ring (bicyclic) bond motifs is 2. The van der Waals surface area contributed by atoms with E-state index in [1.54, 1.807) is 49.6 Å². The van der Waals surface area contributed by atoms with Crippen molar-refractivity contribution in [3.63, 3.8) is 0 Å². The lowest BCUT2D eigenvalue weighted by Crippen LogP contribution is -2.32. The molecule has 0 spiro atoms. The van der Waals surface area contributed by atoms with E-state index in [1.165, 1.54) is 16.7 Å². The zero-order chi connectivity index (χ0) is 26.4. The average Bonchev–Trinajstić information content (AvgIpc) is 3.42. The highest BCUT2D eigenvalue weighted by atomic mass is 35.5. The summed E-state index contributed by atoms with van der Waals surface area (Å²) in [6, 6.07) is 21.8. The molecule has 0 radical (unpaired) electrons. The normalized spacial score (nSPS) is 20.3. The van der Waals surface area contributed by atoms with Crippen molar-refractivity contribution in [3.05, 3.63) is 103 Å². The van der Waals surface area contributed by atoms with Crippen LogP contribution in [0, 0.1) is 5.92 Å². The Bertz CT molecular complexity index is 1590. The number of carbonyl (C=O) groups is 2. The SMILES string of the molecule is COc1ccc(N2C(=O)C3Sc4[nH]c(=O)sc4[C@H](c4cc(Cl)ccc4OCc4ccccc4)C3C2=O)cc1. The van der Waals surface area contributed by atoms with Crippen molar-refractivity contribution >= 4 is 52.2 Å². The van der Waals surface area contributed by atoms with E-state index in [0.29, 0.717) is 44.3 Å². The Morgan fingerprint density at radius 2 is 1.74 bits per heavy atom. The summed E-state index contributed by atoms with van der Waals surface area (Å²) in [6.45, 7) is 0.312.